The van der Waals surface area contributed by atoms with Crippen molar-refractivity contribution in [2.45, 2.75) is 53.0 Å². The molecule has 1 N–H and O–H groups in total. The van der Waals surface area contributed by atoms with Gasteiger partial charge in [0.25, 0.3) is 0 Å². The number of hydrogen-bond donors (Lipinski definition) is 1. The molecule has 5 heteroatoms. The summed E-state index contributed by atoms with van der Waals surface area (Å²) in [5.74, 6) is 0.165. The lowest BCUT2D eigenvalue weighted by Crippen LogP contribution is -2.48. The van der Waals surface area contributed by atoms with Crippen molar-refractivity contribution in [3.8, 4) is 0 Å². The van der Waals surface area contributed by atoms with E-state index in [4.69, 9.17) is 0 Å². The number of sulfonamides is 1. The maximum Gasteiger partial charge on any atom is 0.212 e. The zero-order chi connectivity index (χ0) is 13.0. The Kier molecular flexibility index (Phi) is 5.97. The Labute approximate surface area is 109 Å². The first-order valence-corrected chi connectivity index (χ1v) is 8.38. The Bertz CT molecular complexity index is 308. The third-order valence-corrected chi connectivity index (χ3v) is 4.90. The van der Waals surface area contributed by atoms with E-state index in [1.165, 1.54) is 0 Å². The van der Waals surface area contributed by atoms with E-state index in [1.54, 1.807) is 0 Å². The van der Waals surface area contributed by atoms with Crippen LogP contribution in [-0.4, -0.2) is 25.0 Å². The monoisotopic (exact) mass is 313 g/mol. The molecule has 1 unspecified atom stereocenters. The van der Waals surface area contributed by atoms with Crippen LogP contribution in [0.5, 0.6) is 0 Å². The highest BCUT2D eigenvalue weighted by atomic mass is 79.9. The molecule has 3 nitrogen and oxygen atoms in total. The molecule has 0 aliphatic carbocycles. The van der Waals surface area contributed by atoms with Crippen LogP contribution in [0.4, 0.5) is 0 Å². The largest absolute Gasteiger partial charge is 0.212 e. The summed E-state index contributed by atoms with van der Waals surface area (Å²) in [5.41, 5.74) is -0.553. The van der Waals surface area contributed by atoms with Gasteiger partial charge in [-0.05, 0) is 25.2 Å². The Morgan fingerprint density at radius 2 is 1.69 bits per heavy atom. The quantitative estimate of drug-likeness (QED) is 0.766. The molecule has 1 atom stereocenters. The molecule has 0 aromatic rings. The molecule has 0 aliphatic rings. The van der Waals surface area contributed by atoms with Gasteiger partial charge in [-0.3, -0.25) is 0 Å². The van der Waals surface area contributed by atoms with Crippen molar-refractivity contribution in [1.29, 1.82) is 0 Å². The van der Waals surface area contributed by atoms with Crippen LogP contribution >= 0.6 is 15.9 Å². The molecule has 98 valence electrons. The molecular formula is C11H24BrNO2S. The summed E-state index contributed by atoms with van der Waals surface area (Å²) in [6.07, 6.45) is 1.59. The van der Waals surface area contributed by atoms with Crippen molar-refractivity contribution in [1.82, 2.24) is 4.72 Å². The summed E-state index contributed by atoms with van der Waals surface area (Å²) in [5, 5.41) is 0.801. The van der Waals surface area contributed by atoms with Crippen LogP contribution in [0.3, 0.4) is 0 Å². The predicted molar refractivity (Wildman–Crippen MR) is 73.5 cm³/mol. The minimum atomic E-state index is -3.20. The van der Waals surface area contributed by atoms with Crippen molar-refractivity contribution in [2.24, 2.45) is 5.41 Å². The molecule has 0 amide bonds. The standard InChI is InChI=1S/C11H24BrNO2S/c1-6-11(5,7-8-12)13-16(14,15)9-10(2,3)4/h13H,6-9H2,1-5H3. The van der Waals surface area contributed by atoms with Gasteiger partial charge >= 0.3 is 0 Å². The van der Waals surface area contributed by atoms with Gasteiger partial charge in [0.15, 0.2) is 0 Å². The zero-order valence-corrected chi connectivity index (χ0v) is 13.3. The highest BCUT2D eigenvalue weighted by Crippen LogP contribution is 2.21. The molecule has 0 aliphatic heterocycles. The Morgan fingerprint density at radius 1 is 1.19 bits per heavy atom. The second kappa shape index (κ2) is 5.83. The summed E-state index contributed by atoms with van der Waals surface area (Å²) < 4.78 is 26.8. The predicted octanol–water partition coefficient (Wildman–Crippen LogP) is 2.91. The zero-order valence-electron chi connectivity index (χ0n) is 10.9. The van der Waals surface area contributed by atoms with E-state index in [2.05, 4.69) is 20.7 Å². The lowest BCUT2D eigenvalue weighted by Gasteiger charge is -2.30. The van der Waals surface area contributed by atoms with E-state index in [9.17, 15) is 8.42 Å². The second-order valence-electron chi connectivity index (χ2n) is 5.78. The topological polar surface area (TPSA) is 46.2 Å². The lowest BCUT2D eigenvalue weighted by molar-refractivity contribution is 0.384. The highest BCUT2D eigenvalue weighted by molar-refractivity contribution is 9.09. The number of halogens is 1. The minimum Gasteiger partial charge on any atom is -0.212 e. The fourth-order valence-corrected chi connectivity index (χ4v) is 4.57. The molecule has 0 saturated heterocycles. The van der Waals surface area contributed by atoms with Gasteiger partial charge in [0.1, 0.15) is 0 Å². The third-order valence-electron chi connectivity index (χ3n) is 2.45. The molecule has 0 aromatic heterocycles. The van der Waals surface area contributed by atoms with Gasteiger partial charge in [0.05, 0.1) is 5.75 Å². The van der Waals surface area contributed by atoms with Crippen LogP contribution in [0.2, 0.25) is 0 Å². The summed E-state index contributed by atoms with van der Waals surface area (Å²) in [6, 6.07) is 0. The van der Waals surface area contributed by atoms with E-state index < -0.39 is 10.0 Å². The number of hydrogen-bond acceptors (Lipinski definition) is 2. The summed E-state index contributed by atoms with van der Waals surface area (Å²) >= 11 is 3.36. The minimum absolute atomic E-state index is 0.165. The molecular weight excluding hydrogens is 290 g/mol. The molecule has 0 radical (unpaired) electrons. The first-order valence-electron chi connectivity index (χ1n) is 5.61. The van der Waals surface area contributed by atoms with Crippen molar-refractivity contribution >= 4 is 26.0 Å². The second-order valence-corrected chi connectivity index (χ2v) is 8.29. The Hall–Kier alpha value is 0.390. The van der Waals surface area contributed by atoms with Gasteiger partial charge in [-0.15, -0.1) is 0 Å². The van der Waals surface area contributed by atoms with Crippen molar-refractivity contribution < 1.29 is 8.42 Å². The smallest absolute Gasteiger partial charge is 0.212 e. The third kappa shape index (κ3) is 6.86. The van der Waals surface area contributed by atoms with Crippen molar-refractivity contribution in [2.75, 3.05) is 11.1 Å². The average molecular weight is 314 g/mol. The Balaban J connectivity index is 4.68. The van der Waals surface area contributed by atoms with Gasteiger partial charge in [-0.25, -0.2) is 13.1 Å². The number of rotatable bonds is 6. The normalized spacial score (nSPS) is 17.1. The lowest BCUT2D eigenvalue weighted by atomic mass is 9.98. The van der Waals surface area contributed by atoms with E-state index in [0.717, 1.165) is 18.2 Å². The van der Waals surface area contributed by atoms with Crippen LogP contribution in [0, 0.1) is 5.41 Å². The molecule has 0 bridgehead atoms. The Morgan fingerprint density at radius 3 is 2.00 bits per heavy atom. The van der Waals surface area contributed by atoms with E-state index >= 15 is 0 Å². The van der Waals surface area contributed by atoms with Crippen LogP contribution < -0.4 is 4.72 Å². The van der Waals surface area contributed by atoms with Crippen LogP contribution in [0.15, 0.2) is 0 Å². The van der Waals surface area contributed by atoms with Crippen molar-refractivity contribution in [3.05, 3.63) is 0 Å². The molecule has 0 rings (SSSR count). The van der Waals surface area contributed by atoms with Gasteiger partial charge in [-0.2, -0.15) is 0 Å². The fraction of sp³-hybridized carbons (Fsp3) is 1.00. The van der Waals surface area contributed by atoms with Gasteiger partial charge in [-0.1, -0.05) is 43.6 Å². The molecule has 0 fully saturated rings. The molecule has 0 heterocycles. The van der Waals surface area contributed by atoms with E-state index in [1.807, 2.05) is 34.6 Å². The first kappa shape index (κ1) is 16.4. The summed E-state index contributed by atoms with van der Waals surface area (Å²) in [6.45, 7) is 9.75. The van der Waals surface area contributed by atoms with E-state index in [-0.39, 0.29) is 16.7 Å². The van der Waals surface area contributed by atoms with Crippen LogP contribution in [0.25, 0.3) is 0 Å². The highest BCUT2D eigenvalue weighted by Gasteiger charge is 2.30. The SMILES string of the molecule is CCC(C)(CCBr)NS(=O)(=O)CC(C)(C)C. The van der Waals surface area contributed by atoms with Crippen LogP contribution in [-0.2, 0) is 10.0 Å². The van der Waals surface area contributed by atoms with Crippen molar-refractivity contribution in [3.63, 3.8) is 0 Å². The summed E-state index contributed by atoms with van der Waals surface area (Å²) in [4.78, 5) is 0. The summed E-state index contributed by atoms with van der Waals surface area (Å²) in [7, 11) is -3.20. The van der Waals surface area contributed by atoms with Gasteiger partial charge in [0.2, 0.25) is 10.0 Å². The average Bonchev–Trinajstić information content (AvgIpc) is 1.98. The van der Waals surface area contributed by atoms with Gasteiger partial charge < -0.3 is 0 Å². The number of alkyl halides is 1. The van der Waals surface area contributed by atoms with Crippen LogP contribution in [0.1, 0.15) is 47.5 Å². The fourth-order valence-electron chi connectivity index (χ4n) is 1.49. The molecule has 16 heavy (non-hydrogen) atoms. The molecule has 0 saturated carbocycles. The van der Waals surface area contributed by atoms with Gasteiger partial charge in [0, 0.05) is 10.9 Å². The molecule has 0 spiro atoms. The molecule has 0 aromatic carbocycles. The first-order chi connectivity index (χ1) is 7.04. The van der Waals surface area contributed by atoms with E-state index in [0.29, 0.717) is 0 Å². The maximum atomic E-state index is 12.0. The maximum absolute atomic E-state index is 12.0. The number of nitrogens with one attached hydrogen (secondary N) is 1.